The van der Waals surface area contributed by atoms with Gasteiger partial charge in [0.15, 0.2) is 0 Å². The first-order chi connectivity index (χ1) is 21.6. The van der Waals surface area contributed by atoms with Crippen molar-refractivity contribution in [3.05, 3.63) is 125 Å². The summed E-state index contributed by atoms with van der Waals surface area (Å²) in [7, 11) is -3.81. The molecule has 4 N–H and O–H groups in total. The first-order valence-corrected chi connectivity index (χ1v) is 16.4. The molecule has 236 valence electrons. The zero-order valence-electron chi connectivity index (χ0n) is 24.5. The van der Waals surface area contributed by atoms with Crippen LogP contribution in [0, 0.1) is 11.6 Å². The molecule has 5 rings (SSSR count). The van der Waals surface area contributed by atoms with Gasteiger partial charge in [-0.15, -0.1) is 0 Å². The van der Waals surface area contributed by atoms with Gasteiger partial charge < -0.3 is 16.4 Å². The number of nitrogens with one attached hydrogen (secondary N) is 2. The Hall–Kier alpha value is -3.74. The highest BCUT2D eigenvalue weighted by Crippen LogP contribution is 2.31. The molecule has 0 unspecified atom stereocenters. The maximum Gasteiger partial charge on any atom is 0.243 e. The summed E-state index contributed by atoms with van der Waals surface area (Å²) in [6.07, 6.45) is 2.92. The van der Waals surface area contributed by atoms with Crippen LogP contribution in [0.3, 0.4) is 0 Å². The second-order valence-corrected chi connectivity index (χ2v) is 13.4. The molecule has 2 heterocycles. The van der Waals surface area contributed by atoms with E-state index in [0.29, 0.717) is 35.7 Å². The topological polar surface area (TPSA) is 117 Å². The summed E-state index contributed by atoms with van der Waals surface area (Å²) < 4.78 is 58.2. The first kappa shape index (κ1) is 32.6. The van der Waals surface area contributed by atoms with Crippen molar-refractivity contribution in [2.45, 2.75) is 48.7 Å². The number of pyridine rings is 1. The average Bonchev–Trinajstić information content (AvgIpc) is 3.01. The number of halogens is 3. The fraction of sp³-hybridized carbons (Fsp3) is 0.273. The van der Waals surface area contributed by atoms with Crippen LogP contribution >= 0.6 is 11.6 Å². The quantitative estimate of drug-likeness (QED) is 0.219. The second-order valence-electron chi connectivity index (χ2n) is 11.1. The van der Waals surface area contributed by atoms with Gasteiger partial charge in [-0.2, -0.15) is 4.31 Å². The van der Waals surface area contributed by atoms with Crippen molar-refractivity contribution in [3.63, 3.8) is 0 Å². The van der Waals surface area contributed by atoms with E-state index < -0.39 is 45.6 Å². The molecular weight excluding hydrogens is 620 g/mol. The minimum Gasteiger partial charge on any atom is -0.324 e. The number of nitrogens with two attached hydrogens (primary N) is 1. The van der Waals surface area contributed by atoms with Crippen LogP contribution < -0.4 is 16.4 Å². The molecule has 1 aliphatic heterocycles. The number of nitrogens with zero attached hydrogens (tertiary/aromatic N) is 2. The summed E-state index contributed by atoms with van der Waals surface area (Å²) in [5, 5.41) is 6.45. The normalized spacial score (nSPS) is 18.7. The Labute approximate surface area is 266 Å². The zero-order chi connectivity index (χ0) is 32.1. The summed E-state index contributed by atoms with van der Waals surface area (Å²) in [4.78, 5) is 17.7. The van der Waals surface area contributed by atoms with Crippen LogP contribution in [0.4, 0.5) is 14.5 Å². The minimum absolute atomic E-state index is 0.142. The predicted octanol–water partition coefficient (Wildman–Crippen LogP) is 5.09. The van der Waals surface area contributed by atoms with Crippen molar-refractivity contribution < 1.29 is 22.0 Å². The van der Waals surface area contributed by atoms with Crippen LogP contribution in [0.1, 0.15) is 36.0 Å². The molecule has 1 saturated heterocycles. The van der Waals surface area contributed by atoms with Crippen LogP contribution in [0.2, 0.25) is 5.02 Å². The fourth-order valence-electron chi connectivity index (χ4n) is 5.89. The molecule has 3 aromatic carbocycles. The van der Waals surface area contributed by atoms with E-state index in [9.17, 15) is 17.6 Å². The third-order valence-corrected chi connectivity index (χ3v) is 10.3. The molecule has 0 spiro atoms. The largest absolute Gasteiger partial charge is 0.324 e. The van der Waals surface area contributed by atoms with Gasteiger partial charge in [-0.25, -0.2) is 17.2 Å². The molecule has 4 aromatic rings. The molecule has 1 aromatic heterocycles. The number of rotatable bonds is 10. The van der Waals surface area contributed by atoms with Crippen LogP contribution in [0.15, 0.2) is 96.2 Å². The molecule has 0 aliphatic carbocycles. The van der Waals surface area contributed by atoms with Crippen molar-refractivity contribution in [2.24, 2.45) is 5.73 Å². The first-order valence-electron chi connectivity index (χ1n) is 14.6. The highest BCUT2D eigenvalue weighted by Gasteiger charge is 2.38. The summed E-state index contributed by atoms with van der Waals surface area (Å²) in [6.45, 7) is 2.71. The van der Waals surface area contributed by atoms with E-state index in [1.807, 2.05) is 6.92 Å². The van der Waals surface area contributed by atoms with Crippen LogP contribution in [0.5, 0.6) is 0 Å². The molecule has 1 fully saturated rings. The predicted molar refractivity (Wildman–Crippen MR) is 170 cm³/mol. The SMILES string of the molecule is C[C@H]1CNC[C@H](CCc2c(F)cccc2NC(=O)[C@@H](N)[C@H](c2cncc(F)c2)c2cccc(Cl)c2)N1S(=O)(=O)c1ccccc1. The molecule has 1 aliphatic rings. The van der Waals surface area contributed by atoms with E-state index in [0.717, 1.165) is 6.20 Å². The number of aromatic nitrogens is 1. The van der Waals surface area contributed by atoms with Gasteiger partial charge in [-0.1, -0.05) is 48.0 Å². The summed E-state index contributed by atoms with van der Waals surface area (Å²) >= 11 is 6.22. The lowest BCUT2D eigenvalue weighted by Crippen LogP contribution is -2.58. The van der Waals surface area contributed by atoms with Crippen molar-refractivity contribution >= 4 is 33.2 Å². The third-order valence-electron chi connectivity index (χ3n) is 7.99. The number of benzene rings is 3. The van der Waals surface area contributed by atoms with E-state index in [2.05, 4.69) is 15.6 Å². The van der Waals surface area contributed by atoms with Gasteiger partial charge in [0.1, 0.15) is 11.6 Å². The van der Waals surface area contributed by atoms with E-state index in [-0.39, 0.29) is 28.6 Å². The number of carbonyl (C=O) groups excluding carboxylic acids is 1. The minimum atomic E-state index is -3.81. The van der Waals surface area contributed by atoms with Gasteiger partial charge in [0.25, 0.3) is 0 Å². The van der Waals surface area contributed by atoms with Crippen molar-refractivity contribution in [1.29, 1.82) is 0 Å². The van der Waals surface area contributed by atoms with E-state index in [1.54, 1.807) is 60.7 Å². The summed E-state index contributed by atoms with van der Waals surface area (Å²) in [5.41, 5.74) is 7.90. The molecule has 45 heavy (non-hydrogen) atoms. The van der Waals surface area contributed by atoms with Crippen molar-refractivity contribution in [2.75, 3.05) is 18.4 Å². The summed E-state index contributed by atoms with van der Waals surface area (Å²) in [5.74, 6) is -2.57. The Balaban J connectivity index is 1.39. The Kier molecular flexibility index (Phi) is 10.3. The lowest BCUT2D eigenvalue weighted by atomic mass is 9.85. The summed E-state index contributed by atoms with van der Waals surface area (Å²) in [6, 6.07) is 18.6. The Bertz CT molecular complexity index is 1720. The number of anilines is 1. The Morgan fingerprint density at radius 1 is 1.04 bits per heavy atom. The van der Waals surface area contributed by atoms with Crippen molar-refractivity contribution in [3.8, 4) is 0 Å². The number of sulfonamides is 1. The Morgan fingerprint density at radius 2 is 1.80 bits per heavy atom. The molecule has 1 amide bonds. The lowest BCUT2D eigenvalue weighted by molar-refractivity contribution is -0.117. The van der Waals surface area contributed by atoms with Gasteiger partial charge in [0.2, 0.25) is 15.9 Å². The standard InChI is InChI=1S/C33H34ClF2N5O3S/c1-21-17-38-20-26(41(21)45(43,44)27-9-3-2-4-10-27)13-14-28-29(36)11-6-12-30(28)40-33(42)32(37)31(22-7-5-8-24(34)15-22)23-16-25(35)19-39-18-23/h2-12,15-16,18-19,21,26,31-32,38H,13-14,17,20,37H2,1H3,(H,40,42)/t21-,26-,31-,32-/m0/s1. The maximum absolute atomic E-state index is 15.3. The molecule has 12 heteroatoms. The fourth-order valence-corrected chi connectivity index (χ4v) is 7.95. The number of hydrogen-bond donors (Lipinski definition) is 3. The maximum atomic E-state index is 15.3. The highest BCUT2D eigenvalue weighted by molar-refractivity contribution is 7.89. The number of carbonyl (C=O) groups is 1. The van der Waals surface area contributed by atoms with Gasteiger partial charge >= 0.3 is 0 Å². The third kappa shape index (κ3) is 7.40. The zero-order valence-corrected chi connectivity index (χ0v) is 26.1. The van der Waals surface area contributed by atoms with Gasteiger partial charge in [0.05, 0.1) is 17.1 Å². The van der Waals surface area contributed by atoms with Gasteiger partial charge in [-0.3, -0.25) is 9.78 Å². The van der Waals surface area contributed by atoms with Crippen molar-refractivity contribution in [1.82, 2.24) is 14.6 Å². The number of hydrogen-bond acceptors (Lipinski definition) is 6. The average molecular weight is 654 g/mol. The monoisotopic (exact) mass is 653 g/mol. The van der Waals surface area contributed by atoms with E-state index in [4.69, 9.17) is 17.3 Å². The van der Waals surface area contributed by atoms with Gasteiger partial charge in [-0.05, 0) is 73.4 Å². The Morgan fingerprint density at radius 3 is 2.53 bits per heavy atom. The highest BCUT2D eigenvalue weighted by atomic mass is 35.5. The molecule has 8 nitrogen and oxygen atoms in total. The second kappa shape index (κ2) is 14.1. The lowest BCUT2D eigenvalue weighted by Gasteiger charge is -2.40. The van der Waals surface area contributed by atoms with Crippen LogP contribution in [-0.4, -0.2) is 54.8 Å². The number of amides is 1. The number of piperazine rings is 1. The molecule has 4 atom stereocenters. The van der Waals surface area contributed by atoms with E-state index in [1.165, 1.54) is 28.7 Å². The molecule has 0 radical (unpaired) electrons. The van der Waals surface area contributed by atoms with Crippen LogP contribution in [0.25, 0.3) is 0 Å². The van der Waals surface area contributed by atoms with E-state index >= 15 is 4.39 Å². The van der Waals surface area contributed by atoms with Gasteiger partial charge in [0, 0.05) is 53.6 Å². The molecular formula is C33H34ClF2N5O3S. The molecule has 0 saturated carbocycles. The molecule has 0 bridgehead atoms. The smallest absolute Gasteiger partial charge is 0.243 e. The van der Waals surface area contributed by atoms with Crippen LogP contribution in [-0.2, 0) is 21.2 Å².